The molecule has 2 N–H and O–H groups in total. The summed E-state index contributed by atoms with van der Waals surface area (Å²) in [4.78, 5) is 0. The van der Waals surface area contributed by atoms with Crippen LogP contribution in [-0.2, 0) is 6.54 Å². The number of hydrogen-bond acceptors (Lipinski definition) is 2. The van der Waals surface area contributed by atoms with E-state index in [-0.39, 0.29) is 0 Å². The van der Waals surface area contributed by atoms with E-state index in [9.17, 15) is 0 Å². The van der Waals surface area contributed by atoms with E-state index in [1.54, 1.807) is 0 Å². The molecule has 0 aliphatic heterocycles. The van der Waals surface area contributed by atoms with Gasteiger partial charge in [-0.2, -0.15) is 0 Å². The van der Waals surface area contributed by atoms with Crippen molar-refractivity contribution in [1.82, 2.24) is 10.6 Å². The Balaban J connectivity index is 2.45. The molecule has 0 aromatic heterocycles. The van der Waals surface area contributed by atoms with Crippen LogP contribution < -0.4 is 10.6 Å². The van der Waals surface area contributed by atoms with Gasteiger partial charge < -0.3 is 10.6 Å². The Hall–Kier alpha value is -0.0900. The Morgan fingerprint density at radius 1 is 1.44 bits per heavy atom. The summed E-state index contributed by atoms with van der Waals surface area (Å²) >= 11 is 9.60. The molecular formula is C12H18BrClN2. The highest BCUT2D eigenvalue weighted by Crippen LogP contribution is 2.25. The first-order valence-electron chi connectivity index (χ1n) is 5.52. The number of likely N-dealkylation sites (N-methyl/N-ethyl adjacent to an activating group) is 1. The van der Waals surface area contributed by atoms with Gasteiger partial charge in [-0.05, 0) is 41.0 Å². The normalized spacial score (nSPS) is 12.8. The highest BCUT2D eigenvalue weighted by atomic mass is 79.9. The van der Waals surface area contributed by atoms with Crippen LogP contribution in [0.3, 0.4) is 0 Å². The molecule has 1 rings (SSSR count). The zero-order valence-corrected chi connectivity index (χ0v) is 12.0. The van der Waals surface area contributed by atoms with Gasteiger partial charge in [0.05, 0.1) is 5.02 Å². The Bertz CT molecular complexity index is 331. The molecule has 0 saturated heterocycles. The zero-order valence-electron chi connectivity index (χ0n) is 9.69. The molecule has 0 bridgehead atoms. The van der Waals surface area contributed by atoms with E-state index in [0.29, 0.717) is 6.04 Å². The predicted molar refractivity (Wildman–Crippen MR) is 74.0 cm³/mol. The van der Waals surface area contributed by atoms with E-state index in [0.717, 1.165) is 34.7 Å². The van der Waals surface area contributed by atoms with Gasteiger partial charge in [0.2, 0.25) is 0 Å². The first kappa shape index (κ1) is 14.0. The standard InChI is InChI=1S/C12H18BrClN2/c1-3-15-7-9(2)16-8-10-5-4-6-11(13)12(10)14/h4-6,9,15-16H,3,7-8H2,1-2H3. The van der Waals surface area contributed by atoms with Gasteiger partial charge in [0, 0.05) is 23.6 Å². The van der Waals surface area contributed by atoms with Crippen LogP contribution in [0.2, 0.25) is 5.02 Å². The molecule has 0 fully saturated rings. The third kappa shape index (κ3) is 4.42. The fourth-order valence-corrected chi connectivity index (χ4v) is 2.00. The average Bonchev–Trinajstić information content (AvgIpc) is 2.28. The molecule has 90 valence electrons. The molecule has 0 heterocycles. The Kier molecular flexibility index (Phi) is 6.36. The second kappa shape index (κ2) is 7.28. The van der Waals surface area contributed by atoms with Crippen LogP contribution >= 0.6 is 27.5 Å². The molecular weight excluding hydrogens is 288 g/mol. The number of halogens is 2. The lowest BCUT2D eigenvalue weighted by molar-refractivity contribution is 0.509. The molecule has 1 atom stereocenters. The SMILES string of the molecule is CCNCC(C)NCc1cccc(Br)c1Cl. The van der Waals surface area contributed by atoms with E-state index in [1.807, 2.05) is 18.2 Å². The Labute approximate surface area is 111 Å². The maximum Gasteiger partial charge on any atom is 0.0592 e. The molecule has 0 amide bonds. The van der Waals surface area contributed by atoms with E-state index < -0.39 is 0 Å². The smallest absolute Gasteiger partial charge is 0.0592 e. The summed E-state index contributed by atoms with van der Waals surface area (Å²) in [5.74, 6) is 0. The zero-order chi connectivity index (χ0) is 12.0. The fourth-order valence-electron chi connectivity index (χ4n) is 1.40. The summed E-state index contributed by atoms with van der Waals surface area (Å²) in [6.07, 6.45) is 0. The quantitative estimate of drug-likeness (QED) is 0.843. The molecule has 1 unspecified atom stereocenters. The maximum absolute atomic E-state index is 6.18. The molecule has 4 heteroatoms. The van der Waals surface area contributed by atoms with E-state index in [4.69, 9.17) is 11.6 Å². The van der Waals surface area contributed by atoms with Crippen molar-refractivity contribution in [2.24, 2.45) is 0 Å². The second-order valence-corrected chi connectivity index (χ2v) is 5.03. The highest BCUT2D eigenvalue weighted by Gasteiger charge is 2.05. The summed E-state index contributed by atoms with van der Waals surface area (Å²) in [5.41, 5.74) is 1.12. The largest absolute Gasteiger partial charge is 0.315 e. The van der Waals surface area contributed by atoms with E-state index in [2.05, 4.69) is 40.4 Å². The van der Waals surface area contributed by atoms with Gasteiger partial charge >= 0.3 is 0 Å². The summed E-state index contributed by atoms with van der Waals surface area (Å²) in [6.45, 7) is 7.04. The van der Waals surface area contributed by atoms with E-state index in [1.165, 1.54) is 0 Å². The van der Waals surface area contributed by atoms with Crippen LogP contribution in [0.25, 0.3) is 0 Å². The minimum absolute atomic E-state index is 0.440. The minimum atomic E-state index is 0.440. The van der Waals surface area contributed by atoms with Gasteiger partial charge in [-0.25, -0.2) is 0 Å². The first-order valence-corrected chi connectivity index (χ1v) is 6.69. The van der Waals surface area contributed by atoms with Crippen molar-refractivity contribution in [2.75, 3.05) is 13.1 Å². The second-order valence-electron chi connectivity index (χ2n) is 3.80. The molecule has 0 aliphatic carbocycles. The van der Waals surface area contributed by atoms with Crippen molar-refractivity contribution >= 4 is 27.5 Å². The van der Waals surface area contributed by atoms with Crippen molar-refractivity contribution in [1.29, 1.82) is 0 Å². The van der Waals surface area contributed by atoms with E-state index >= 15 is 0 Å². The molecule has 1 aromatic carbocycles. The maximum atomic E-state index is 6.18. The van der Waals surface area contributed by atoms with Crippen LogP contribution in [0.1, 0.15) is 19.4 Å². The first-order chi connectivity index (χ1) is 7.65. The molecule has 0 saturated carbocycles. The van der Waals surface area contributed by atoms with Crippen LogP contribution in [0.4, 0.5) is 0 Å². The van der Waals surface area contributed by atoms with Crippen LogP contribution in [0.5, 0.6) is 0 Å². The number of nitrogens with one attached hydrogen (secondary N) is 2. The Morgan fingerprint density at radius 2 is 2.19 bits per heavy atom. The number of rotatable bonds is 6. The van der Waals surface area contributed by atoms with Crippen LogP contribution in [0.15, 0.2) is 22.7 Å². The lowest BCUT2D eigenvalue weighted by atomic mass is 10.2. The summed E-state index contributed by atoms with van der Waals surface area (Å²) in [5, 5.41) is 7.54. The molecule has 2 nitrogen and oxygen atoms in total. The van der Waals surface area contributed by atoms with Gasteiger partial charge in [-0.1, -0.05) is 30.7 Å². The van der Waals surface area contributed by atoms with Crippen molar-refractivity contribution in [3.8, 4) is 0 Å². The number of hydrogen-bond donors (Lipinski definition) is 2. The van der Waals surface area contributed by atoms with Crippen molar-refractivity contribution in [3.63, 3.8) is 0 Å². The Morgan fingerprint density at radius 3 is 2.88 bits per heavy atom. The summed E-state index contributed by atoms with van der Waals surface area (Å²) in [7, 11) is 0. The van der Waals surface area contributed by atoms with Gasteiger partial charge in [0.15, 0.2) is 0 Å². The minimum Gasteiger partial charge on any atom is -0.315 e. The van der Waals surface area contributed by atoms with Crippen molar-refractivity contribution < 1.29 is 0 Å². The fraction of sp³-hybridized carbons (Fsp3) is 0.500. The molecule has 0 aliphatic rings. The molecule has 1 aromatic rings. The highest BCUT2D eigenvalue weighted by molar-refractivity contribution is 9.10. The number of benzene rings is 1. The van der Waals surface area contributed by atoms with Gasteiger partial charge in [0.25, 0.3) is 0 Å². The topological polar surface area (TPSA) is 24.1 Å². The molecule has 0 spiro atoms. The molecule has 0 radical (unpaired) electrons. The predicted octanol–water partition coefficient (Wildman–Crippen LogP) is 3.19. The summed E-state index contributed by atoms with van der Waals surface area (Å²) < 4.78 is 0.952. The third-order valence-corrected chi connectivity index (χ3v) is 3.71. The lowest BCUT2D eigenvalue weighted by Gasteiger charge is -2.15. The lowest BCUT2D eigenvalue weighted by Crippen LogP contribution is -2.35. The van der Waals surface area contributed by atoms with Gasteiger partial charge in [-0.15, -0.1) is 0 Å². The van der Waals surface area contributed by atoms with Gasteiger partial charge in [0.1, 0.15) is 0 Å². The third-order valence-electron chi connectivity index (χ3n) is 2.37. The van der Waals surface area contributed by atoms with Gasteiger partial charge in [-0.3, -0.25) is 0 Å². The average molecular weight is 306 g/mol. The van der Waals surface area contributed by atoms with Crippen LogP contribution in [-0.4, -0.2) is 19.1 Å². The molecule has 16 heavy (non-hydrogen) atoms. The summed E-state index contributed by atoms with van der Waals surface area (Å²) in [6, 6.07) is 6.44. The van der Waals surface area contributed by atoms with Crippen molar-refractivity contribution in [2.45, 2.75) is 26.4 Å². The van der Waals surface area contributed by atoms with Crippen molar-refractivity contribution in [3.05, 3.63) is 33.3 Å². The monoisotopic (exact) mass is 304 g/mol. The van der Waals surface area contributed by atoms with Crippen LogP contribution in [0, 0.1) is 0 Å².